The van der Waals surface area contributed by atoms with E-state index in [1.54, 1.807) is 13.8 Å². The summed E-state index contributed by atoms with van der Waals surface area (Å²) in [4.78, 5) is 33.4. The number of aryl methyl sites for hydroxylation is 2. The number of aromatic nitrogens is 9. The normalized spacial score (nSPS) is 7.45. The Morgan fingerprint density at radius 2 is 1.10 bits per heavy atom. The summed E-state index contributed by atoms with van der Waals surface area (Å²) in [6.45, 7) is 3.57. The first kappa shape index (κ1) is 47.2. The molecule has 0 unspecified atom stereocenters. The summed E-state index contributed by atoms with van der Waals surface area (Å²) in [5.41, 5.74) is 0. The van der Waals surface area contributed by atoms with Crippen molar-refractivity contribution >= 4 is 0 Å². The van der Waals surface area contributed by atoms with Gasteiger partial charge < -0.3 is 44.9 Å². The Morgan fingerprint density at radius 1 is 0.724 bits per heavy atom. The zero-order valence-electron chi connectivity index (χ0n) is 16.6. The molecule has 0 spiro atoms. The zero-order chi connectivity index (χ0) is 15.8. The van der Waals surface area contributed by atoms with Gasteiger partial charge in [-0.15, -0.1) is 6.30 Å². The second kappa shape index (κ2) is 32.9. The Bertz CT molecular complexity index is 713. The molecule has 0 saturated heterocycles. The molecule has 0 amide bonds. The first-order valence-corrected chi connectivity index (χ1v) is 5.73. The first-order chi connectivity index (χ1) is 10.6. The molecule has 0 fully saturated rings. The molecular weight excluding hydrogens is 1040 g/mol. The van der Waals surface area contributed by atoms with Crippen LogP contribution in [-0.2, 0) is 242 Å². The van der Waals surface area contributed by atoms with Crippen molar-refractivity contribution in [2.75, 3.05) is 0 Å². The van der Waals surface area contributed by atoms with Crippen LogP contribution in [0.3, 0.4) is 0 Å². The minimum absolute atomic E-state index is 0. The third-order valence-electron chi connectivity index (χ3n) is 1.98. The first-order valence-electron chi connectivity index (χ1n) is 6.23. The van der Waals surface area contributed by atoms with E-state index in [-0.39, 0.29) is 242 Å². The topological polar surface area (TPSA) is 116 Å². The molecule has 135 valence electrons. The van der Waals surface area contributed by atoms with Gasteiger partial charge in [0.25, 0.3) is 0 Å². The Balaban J connectivity index is -0.0000000631. The van der Waals surface area contributed by atoms with Crippen LogP contribution in [0.25, 0.3) is 0 Å². The summed E-state index contributed by atoms with van der Waals surface area (Å²) in [6.07, 6.45) is 9.69. The van der Waals surface area contributed by atoms with Crippen LogP contribution in [0.1, 0.15) is 24.7 Å². The van der Waals surface area contributed by atoms with E-state index >= 15 is 0 Å². The molecule has 3 aromatic heterocycles. The Hall–Kier alpha value is 4.93. The zero-order valence-corrected chi connectivity index (χ0v) is 36.9. The van der Waals surface area contributed by atoms with Crippen LogP contribution in [0.15, 0.2) is 6.30 Å². The third-order valence-corrected chi connectivity index (χ3v) is 1.98. The van der Waals surface area contributed by atoms with E-state index in [9.17, 15) is 0 Å². The van der Waals surface area contributed by atoms with E-state index in [4.69, 9.17) is 1.37 Å². The maximum Gasteiger partial charge on any atom is 0.0247 e. The molecule has 3 aromatic rings. The fraction of sp³-hybridized carbons (Fsp3) is 0.250. The predicted octanol–water partition coefficient (Wildman–Crippen LogP) is -0.683. The van der Waals surface area contributed by atoms with Gasteiger partial charge in [0.15, 0.2) is 0 Å². The predicted molar refractivity (Wildman–Crippen MR) is 67.1 cm³/mol. The van der Waals surface area contributed by atoms with Crippen molar-refractivity contribution in [3.05, 3.63) is 54.9 Å². The van der Waals surface area contributed by atoms with Crippen LogP contribution in [0, 0.1) is 39.2 Å². The van der Waals surface area contributed by atoms with Gasteiger partial charge in [-0.05, 0) is 6.42 Å². The quantitative estimate of drug-likeness (QED) is 0.309. The molecule has 17 heteroatoms. The van der Waals surface area contributed by atoms with Crippen molar-refractivity contribution in [1.29, 1.82) is 0 Å². The molecule has 0 atom stereocenters. The molecule has 0 aliphatic rings. The number of rotatable bonds is 2. The van der Waals surface area contributed by atoms with Crippen LogP contribution in [0.4, 0.5) is 0 Å². The van der Waals surface area contributed by atoms with Crippen molar-refractivity contribution < 1.29 is 237 Å². The smallest absolute Gasteiger partial charge is 0.0247 e. The van der Waals surface area contributed by atoms with Gasteiger partial charge in [-0.25, -0.2) is 0 Å². The molecule has 3 heterocycles. The molecule has 7 radical (unpaired) electrons. The van der Waals surface area contributed by atoms with Crippen molar-refractivity contribution in [2.24, 2.45) is 0 Å². The molecule has 9 nitrogen and oxygen atoms in total. The van der Waals surface area contributed by atoms with Gasteiger partial charge >= 0.3 is 0 Å². The van der Waals surface area contributed by atoms with E-state index in [0.29, 0.717) is 29.7 Å². The third kappa shape index (κ3) is 25.8. The molecule has 0 N–H and O–H groups in total. The average molecular weight is 1050 g/mol. The number of hydrogen-bond donors (Lipinski definition) is 0. The Morgan fingerprint density at radius 3 is 1.38 bits per heavy atom. The van der Waals surface area contributed by atoms with Gasteiger partial charge in [-0.1, -0.05) is 15.2 Å². The van der Waals surface area contributed by atoms with Crippen molar-refractivity contribution in [3.8, 4) is 0 Å². The molecule has 0 aliphatic carbocycles. The summed E-state index contributed by atoms with van der Waals surface area (Å²) in [6, 6.07) is 0. The van der Waals surface area contributed by atoms with Crippen molar-refractivity contribution in [2.45, 2.75) is 20.3 Å². The minimum Gasteiger partial charge on any atom is -0.505 e. The van der Waals surface area contributed by atoms with Crippen LogP contribution in [0.2, 0.25) is 0 Å². The van der Waals surface area contributed by atoms with Crippen LogP contribution in [0.5, 0.6) is 0 Å². The number of nitrogens with zero attached hydrogens (tertiary/aromatic N) is 9. The van der Waals surface area contributed by atoms with Gasteiger partial charge in [0.05, 0.1) is 0 Å². The van der Waals surface area contributed by atoms with Crippen LogP contribution in [-0.4, -0.2) is 44.9 Å². The van der Waals surface area contributed by atoms with Gasteiger partial charge in [0.2, 0.25) is 0 Å². The van der Waals surface area contributed by atoms with Crippen molar-refractivity contribution in [1.82, 2.24) is 44.9 Å². The molecule has 0 aliphatic heterocycles. The largest absolute Gasteiger partial charge is 0.505 e. The molecule has 0 aromatic carbocycles. The SMILES string of the molecule is Cc1n[c-]nc(Cc2n[c-]nc(C)n2)n1.[3H]c1n[c-]n[c-]n1.[V].[W].[Y].[Y].[Y].[Y].[Y].[Y]. The van der Waals surface area contributed by atoms with E-state index in [1.165, 1.54) is 0 Å². The summed E-state index contributed by atoms with van der Waals surface area (Å²) >= 11 is 0. The fourth-order valence-electron chi connectivity index (χ4n) is 1.23. The summed E-state index contributed by atoms with van der Waals surface area (Å²) in [5.74, 6) is 2.47. The average Bonchev–Trinajstić information content (AvgIpc) is 2.49. The second-order valence-corrected chi connectivity index (χ2v) is 3.61. The molecule has 0 bridgehead atoms. The molecule has 29 heavy (non-hydrogen) atoms. The fourth-order valence-corrected chi connectivity index (χ4v) is 1.23. The van der Waals surface area contributed by atoms with Crippen molar-refractivity contribution in [3.63, 3.8) is 0 Å². The van der Waals surface area contributed by atoms with Crippen LogP contribution < -0.4 is 0 Å². The summed E-state index contributed by atoms with van der Waals surface area (Å²) in [5, 5.41) is 0. The summed E-state index contributed by atoms with van der Waals surface area (Å²) < 4.78 is 6.67. The maximum absolute atomic E-state index is 6.67. The standard InChI is InChI=1S/C9H8N6.C3HN3.V.W.6Y/c1-6-10-4-12-8(14-6)3-9-13-5-11-7(2)15-9;1-4-2-6-3-5-1;;;;;;;;/h3H2,1-2H3;1H;;;;;;;;/q2*-2;;;;;;;;/i;1T;;;;;;;;. The van der Waals surface area contributed by atoms with Gasteiger partial charge in [-0.3, -0.25) is 0 Å². The van der Waals surface area contributed by atoms with E-state index in [0.717, 1.165) is 0 Å². The van der Waals surface area contributed by atoms with E-state index < -0.39 is 0 Å². The molecule has 3 rings (SSSR count). The minimum atomic E-state index is -0.102. The second-order valence-electron chi connectivity index (χ2n) is 3.61. The Kier molecular flexibility index (Phi) is 53.5. The van der Waals surface area contributed by atoms with Gasteiger partial charge in [-0.2, -0.15) is 12.7 Å². The Labute approximate surface area is 349 Å². The van der Waals surface area contributed by atoms with Gasteiger partial charge in [0.1, 0.15) is 0 Å². The van der Waals surface area contributed by atoms with Crippen LogP contribution >= 0.6 is 0 Å². The monoisotopic (exact) mass is 1050 g/mol. The van der Waals surface area contributed by atoms with E-state index in [1.807, 2.05) is 0 Å². The number of hydrogen-bond acceptors (Lipinski definition) is 9. The molecule has 0 saturated carbocycles. The molecular formula is C12H9N9VWY6-4. The summed E-state index contributed by atoms with van der Waals surface area (Å²) in [7, 11) is 0. The maximum atomic E-state index is 6.67. The van der Waals surface area contributed by atoms with E-state index in [2.05, 4.69) is 70.2 Å². The van der Waals surface area contributed by atoms with Gasteiger partial charge in [0, 0.05) is 272 Å².